The summed E-state index contributed by atoms with van der Waals surface area (Å²) < 4.78 is 11.7. The van der Waals surface area contributed by atoms with E-state index in [0.717, 1.165) is 23.1 Å². The molecular formula is C25H37NO2P2. The number of hydrogen-bond acceptors (Lipinski definition) is 3. The summed E-state index contributed by atoms with van der Waals surface area (Å²) in [6.07, 6.45) is 2.58. The molecule has 2 aromatic carbocycles. The van der Waals surface area contributed by atoms with Crippen LogP contribution in [0.15, 0.2) is 48.5 Å². The molecule has 1 aliphatic carbocycles. The fourth-order valence-electron chi connectivity index (χ4n) is 5.05. The molecular weight excluding hydrogens is 408 g/mol. The van der Waals surface area contributed by atoms with Gasteiger partial charge in [-0.3, -0.25) is 0 Å². The number of rotatable bonds is 8. The van der Waals surface area contributed by atoms with E-state index >= 15 is 0 Å². The van der Waals surface area contributed by atoms with E-state index in [9.17, 15) is 0 Å². The van der Waals surface area contributed by atoms with Crippen molar-refractivity contribution in [2.24, 2.45) is 5.92 Å². The molecule has 2 aromatic rings. The van der Waals surface area contributed by atoms with Crippen LogP contribution in [0, 0.1) is 5.92 Å². The zero-order valence-electron chi connectivity index (χ0n) is 19.5. The molecule has 4 atom stereocenters. The number of hydrogen-bond donors (Lipinski definition) is 0. The van der Waals surface area contributed by atoms with Crippen LogP contribution in [-0.2, 0) is 0 Å². The molecule has 164 valence electrons. The first kappa shape index (κ1) is 23.5. The standard InChI is InChI=1S/C25H37NO2P2/c1-18(26(2)3)19-16-17-24(25(19)29(6)7)30(22-14-10-8-12-20(22)27-4)23-15-11-9-13-21(23)28-5/h8-15,18-19,24-25H,16-17H2,1-7H3/t18-,19?,24?,25?/m1/s1. The normalized spacial score (nSPS) is 22.7. The molecule has 1 saturated carbocycles. The van der Waals surface area contributed by atoms with Gasteiger partial charge in [0.2, 0.25) is 0 Å². The van der Waals surface area contributed by atoms with Crippen molar-refractivity contribution in [3.05, 3.63) is 48.5 Å². The largest absolute Gasteiger partial charge is 0.496 e. The van der Waals surface area contributed by atoms with E-state index in [1.165, 1.54) is 23.5 Å². The summed E-state index contributed by atoms with van der Waals surface area (Å²) >= 11 is 0. The lowest BCUT2D eigenvalue weighted by Crippen LogP contribution is -2.39. The van der Waals surface area contributed by atoms with Gasteiger partial charge in [-0.15, -0.1) is 7.92 Å². The Bertz CT molecular complexity index is 779. The highest BCUT2D eigenvalue weighted by Crippen LogP contribution is 2.60. The Morgan fingerprint density at radius 3 is 1.80 bits per heavy atom. The second-order valence-corrected chi connectivity index (χ2v) is 13.6. The lowest BCUT2D eigenvalue weighted by molar-refractivity contribution is 0.232. The van der Waals surface area contributed by atoms with Crippen molar-refractivity contribution in [2.75, 3.05) is 41.6 Å². The van der Waals surface area contributed by atoms with E-state index in [2.05, 4.69) is 87.8 Å². The molecule has 0 aromatic heterocycles. The average Bonchev–Trinajstić information content (AvgIpc) is 3.19. The summed E-state index contributed by atoms with van der Waals surface area (Å²) in [5, 5.41) is 2.70. The Hall–Kier alpha value is -1.14. The number of methoxy groups -OCH3 is 2. The maximum Gasteiger partial charge on any atom is 0.126 e. The van der Waals surface area contributed by atoms with Crippen molar-refractivity contribution >= 4 is 26.5 Å². The Morgan fingerprint density at radius 2 is 1.37 bits per heavy atom. The minimum absolute atomic E-state index is 0.0705. The molecule has 3 rings (SSSR count). The third kappa shape index (κ3) is 4.69. The van der Waals surface area contributed by atoms with Crippen LogP contribution in [0.2, 0.25) is 0 Å². The van der Waals surface area contributed by atoms with Gasteiger partial charge >= 0.3 is 0 Å². The molecule has 0 spiro atoms. The van der Waals surface area contributed by atoms with Crippen molar-refractivity contribution in [1.82, 2.24) is 4.90 Å². The summed E-state index contributed by atoms with van der Waals surface area (Å²) in [6, 6.07) is 17.9. The maximum absolute atomic E-state index is 5.86. The molecule has 3 unspecified atom stereocenters. The van der Waals surface area contributed by atoms with Crippen molar-refractivity contribution in [1.29, 1.82) is 0 Å². The van der Waals surface area contributed by atoms with Crippen molar-refractivity contribution < 1.29 is 9.47 Å². The van der Waals surface area contributed by atoms with Crippen LogP contribution in [-0.4, -0.2) is 63.9 Å². The Morgan fingerprint density at radius 1 is 0.867 bits per heavy atom. The molecule has 5 heteroatoms. The maximum atomic E-state index is 5.86. The van der Waals surface area contributed by atoms with Gasteiger partial charge in [-0.05, 0) is 84.5 Å². The van der Waals surface area contributed by atoms with Gasteiger partial charge < -0.3 is 14.4 Å². The van der Waals surface area contributed by atoms with Crippen LogP contribution in [0.3, 0.4) is 0 Å². The number of ether oxygens (including phenoxy) is 2. The van der Waals surface area contributed by atoms with Gasteiger partial charge in [0.1, 0.15) is 11.5 Å². The molecule has 1 fully saturated rings. The van der Waals surface area contributed by atoms with Crippen molar-refractivity contribution in [3.63, 3.8) is 0 Å². The minimum atomic E-state index is -0.600. The number of benzene rings is 2. The predicted molar refractivity (Wildman–Crippen MR) is 134 cm³/mol. The van der Waals surface area contributed by atoms with Gasteiger partial charge in [-0.1, -0.05) is 36.4 Å². The van der Waals surface area contributed by atoms with Crippen LogP contribution >= 0.6 is 15.8 Å². The first-order valence-electron chi connectivity index (χ1n) is 10.8. The van der Waals surface area contributed by atoms with Crippen LogP contribution in [0.4, 0.5) is 0 Å². The third-order valence-electron chi connectivity index (χ3n) is 6.68. The van der Waals surface area contributed by atoms with Gasteiger partial charge in [0, 0.05) is 16.7 Å². The summed E-state index contributed by atoms with van der Waals surface area (Å²) in [6.45, 7) is 7.37. The van der Waals surface area contributed by atoms with Crippen LogP contribution < -0.4 is 20.1 Å². The zero-order chi connectivity index (χ0) is 21.8. The van der Waals surface area contributed by atoms with Gasteiger partial charge in [0.05, 0.1) is 14.2 Å². The quantitative estimate of drug-likeness (QED) is 0.536. The first-order valence-corrected chi connectivity index (χ1v) is 14.5. The lowest BCUT2D eigenvalue weighted by Gasteiger charge is -2.38. The highest BCUT2D eigenvalue weighted by molar-refractivity contribution is 7.75. The van der Waals surface area contributed by atoms with E-state index in [-0.39, 0.29) is 7.92 Å². The van der Waals surface area contributed by atoms with Gasteiger partial charge in [0.15, 0.2) is 0 Å². The fraction of sp³-hybridized carbons (Fsp3) is 0.520. The van der Waals surface area contributed by atoms with E-state index in [4.69, 9.17) is 9.47 Å². The Kier molecular flexibility index (Phi) is 8.19. The van der Waals surface area contributed by atoms with Crippen LogP contribution in [0.25, 0.3) is 0 Å². The molecule has 30 heavy (non-hydrogen) atoms. The molecule has 0 aliphatic heterocycles. The molecule has 0 N–H and O–H groups in total. The molecule has 0 amide bonds. The van der Waals surface area contributed by atoms with E-state index in [1.54, 1.807) is 14.2 Å². The van der Waals surface area contributed by atoms with Gasteiger partial charge in [-0.25, -0.2) is 0 Å². The smallest absolute Gasteiger partial charge is 0.126 e. The fourth-order valence-corrected chi connectivity index (χ4v) is 11.5. The second-order valence-electron chi connectivity index (χ2n) is 8.68. The predicted octanol–water partition coefficient (Wildman–Crippen LogP) is 4.98. The van der Waals surface area contributed by atoms with Crippen LogP contribution in [0.5, 0.6) is 11.5 Å². The SMILES string of the molecule is COc1ccccc1P(c1ccccc1OC)C1CCC([C@@H](C)N(C)C)C1P(C)C. The summed E-state index contributed by atoms with van der Waals surface area (Å²) in [5.74, 6) is 2.75. The molecule has 0 bridgehead atoms. The van der Waals surface area contributed by atoms with Gasteiger partial charge in [-0.2, -0.15) is 0 Å². The topological polar surface area (TPSA) is 21.7 Å². The Balaban J connectivity index is 2.15. The third-order valence-corrected chi connectivity index (χ3v) is 11.9. The monoisotopic (exact) mass is 445 g/mol. The Labute approximate surface area is 185 Å². The second kappa shape index (κ2) is 10.4. The summed E-state index contributed by atoms with van der Waals surface area (Å²) in [7, 11) is 7.38. The van der Waals surface area contributed by atoms with E-state index < -0.39 is 7.92 Å². The molecule has 0 heterocycles. The molecule has 3 nitrogen and oxygen atoms in total. The van der Waals surface area contributed by atoms with E-state index in [1.807, 2.05) is 0 Å². The highest BCUT2D eigenvalue weighted by Gasteiger charge is 2.46. The highest BCUT2D eigenvalue weighted by atomic mass is 31.1. The number of nitrogens with zero attached hydrogens (tertiary/aromatic N) is 1. The molecule has 0 radical (unpaired) electrons. The summed E-state index contributed by atoms with van der Waals surface area (Å²) in [5.41, 5.74) is 1.37. The average molecular weight is 446 g/mol. The zero-order valence-corrected chi connectivity index (χ0v) is 21.3. The first-order chi connectivity index (χ1) is 14.4. The van der Waals surface area contributed by atoms with Crippen molar-refractivity contribution in [2.45, 2.75) is 37.1 Å². The molecule has 1 aliphatic rings. The summed E-state index contributed by atoms with van der Waals surface area (Å²) in [4.78, 5) is 2.41. The number of para-hydroxylation sites is 2. The van der Waals surface area contributed by atoms with E-state index in [0.29, 0.717) is 11.7 Å². The van der Waals surface area contributed by atoms with Gasteiger partial charge in [0.25, 0.3) is 0 Å². The minimum Gasteiger partial charge on any atom is -0.496 e. The van der Waals surface area contributed by atoms with Crippen LogP contribution in [0.1, 0.15) is 19.8 Å². The lowest BCUT2D eigenvalue weighted by atomic mass is 9.98. The van der Waals surface area contributed by atoms with Crippen molar-refractivity contribution in [3.8, 4) is 11.5 Å². The molecule has 0 saturated heterocycles.